The minimum Gasteiger partial charge on any atom is -0.378 e. The van der Waals surface area contributed by atoms with Gasteiger partial charge in [-0.2, -0.15) is 0 Å². The van der Waals surface area contributed by atoms with E-state index in [9.17, 15) is 4.79 Å². The van der Waals surface area contributed by atoms with Gasteiger partial charge in [0.1, 0.15) is 5.60 Å². The van der Waals surface area contributed by atoms with Crippen LogP contribution in [0.4, 0.5) is 5.69 Å². The summed E-state index contributed by atoms with van der Waals surface area (Å²) in [6.45, 7) is 7.98. The lowest BCUT2D eigenvalue weighted by Gasteiger charge is -2.49. The Morgan fingerprint density at radius 1 is 1.17 bits per heavy atom. The van der Waals surface area contributed by atoms with Crippen molar-refractivity contribution in [2.75, 3.05) is 37.7 Å². The number of carbonyl (C=O) groups is 1. The van der Waals surface area contributed by atoms with Gasteiger partial charge >= 0.3 is 0 Å². The molecule has 4 rings (SSSR count). The molecule has 1 spiro atoms. The summed E-state index contributed by atoms with van der Waals surface area (Å²) in [5.74, 6) is 0.216. The van der Waals surface area contributed by atoms with E-state index in [-0.39, 0.29) is 23.2 Å². The van der Waals surface area contributed by atoms with Crippen LogP contribution in [0.1, 0.15) is 26.7 Å². The van der Waals surface area contributed by atoms with Gasteiger partial charge in [0, 0.05) is 38.3 Å². The van der Waals surface area contributed by atoms with Crippen LogP contribution in [0.3, 0.4) is 0 Å². The number of amides is 1. The van der Waals surface area contributed by atoms with Crippen LogP contribution in [0.25, 0.3) is 0 Å². The molecule has 130 valence electrons. The lowest BCUT2D eigenvalue weighted by Crippen LogP contribution is -2.63. The van der Waals surface area contributed by atoms with Gasteiger partial charge in [-0.3, -0.25) is 9.69 Å². The van der Waals surface area contributed by atoms with Crippen LogP contribution in [0.5, 0.6) is 0 Å². The van der Waals surface area contributed by atoms with Crippen molar-refractivity contribution in [1.82, 2.24) is 4.90 Å². The van der Waals surface area contributed by atoms with Crippen LogP contribution >= 0.6 is 0 Å². The average molecular weight is 330 g/mol. The topological polar surface area (TPSA) is 42.0 Å². The fourth-order valence-electron chi connectivity index (χ4n) is 4.45. The highest BCUT2D eigenvalue weighted by Gasteiger charge is 2.50. The quantitative estimate of drug-likeness (QED) is 0.832. The Labute approximate surface area is 143 Å². The van der Waals surface area contributed by atoms with Crippen molar-refractivity contribution in [1.29, 1.82) is 0 Å². The summed E-state index contributed by atoms with van der Waals surface area (Å²) in [6.07, 6.45) is 1.79. The second kappa shape index (κ2) is 5.83. The zero-order chi connectivity index (χ0) is 16.8. The third kappa shape index (κ3) is 2.85. The Kier molecular flexibility index (Phi) is 3.90. The number of morpholine rings is 1. The third-order valence-electron chi connectivity index (χ3n) is 5.32. The van der Waals surface area contributed by atoms with E-state index in [1.165, 1.54) is 0 Å². The van der Waals surface area contributed by atoms with Crippen molar-refractivity contribution in [2.45, 2.75) is 43.9 Å². The van der Waals surface area contributed by atoms with Gasteiger partial charge in [0.25, 0.3) is 0 Å². The molecule has 1 aromatic rings. The van der Waals surface area contributed by atoms with Crippen molar-refractivity contribution in [3.05, 3.63) is 30.3 Å². The van der Waals surface area contributed by atoms with E-state index in [1.807, 2.05) is 35.2 Å². The number of benzene rings is 1. The Bertz CT molecular complexity index is 610. The molecule has 1 amide bonds. The van der Waals surface area contributed by atoms with Crippen molar-refractivity contribution in [3.8, 4) is 0 Å². The van der Waals surface area contributed by atoms with Gasteiger partial charge < -0.3 is 14.4 Å². The molecule has 0 aromatic heterocycles. The molecule has 3 saturated heterocycles. The maximum absolute atomic E-state index is 13.0. The van der Waals surface area contributed by atoms with Gasteiger partial charge in [0.05, 0.1) is 18.2 Å². The lowest BCUT2D eigenvalue weighted by atomic mass is 9.93. The molecule has 0 aliphatic carbocycles. The lowest BCUT2D eigenvalue weighted by molar-refractivity contribution is -0.201. The molecular weight excluding hydrogens is 304 g/mol. The van der Waals surface area contributed by atoms with Gasteiger partial charge in [0.15, 0.2) is 0 Å². The van der Waals surface area contributed by atoms with E-state index >= 15 is 0 Å². The molecule has 0 bridgehead atoms. The second-order valence-corrected chi connectivity index (χ2v) is 7.88. The van der Waals surface area contributed by atoms with Crippen LogP contribution in [0, 0.1) is 0 Å². The van der Waals surface area contributed by atoms with E-state index in [0.717, 1.165) is 44.8 Å². The molecule has 2 atom stereocenters. The molecule has 1 aromatic carbocycles. The van der Waals surface area contributed by atoms with Crippen molar-refractivity contribution >= 4 is 11.6 Å². The molecule has 5 heteroatoms. The largest absolute Gasteiger partial charge is 0.378 e. The number of nitrogens with zero attached hydrogens (tertiary/aromatic N) is 2. The van der Waals surface area contributed by atoms with Gasteiger partial charge in [-0.25, -0.2) is 0 Å². The monoisotopic (exact) mass is 330 g/mol. The van der Waals surface area contributed by atoms with Crippen LogP contribution < -0.4 is 4.90 Å². The summed E-state index contributed by atoms with van der Waals surface area (Å²) in [6, 6.07) is 9.92. The predicted octanol–water partition coefficient (Wildman–Crippen LogP) is 2.06. The van der Waals surface area contributed by atoms with Crippen LogP contribution in [-0.2, 0) is 14.3 Å². The molecule has 24 heavy (non-hydrogen) atoms. The maximum Gasteiger partial charge on any atom is 0.244 e. The number of anilines is 1. The normalized spacial score (nSPS) is 33.5. The van der Waals surface area contributed by atoms with Crippen molar-refractivity contribution in [3.63, 3.8) is 0 Å². The first-order valence-corrected chi connectivity index (χ1v) is 8.87. The number of hydrogen-bond acceptors (Lipinski definition) is 4. The van der Waals surface area contributed by atoms with Crippen molar-refractivity contribution < 1.29 is 14.3 Å². The summed E-state index contributed by atoms with van der Waals surface area (Å²) in [5, 5.41) is 0. The molecule has 3 heterocycles. The van der Waals surface area contributed by atoms with Crippen LogP contribution in [0.15, 0.2) is 30.3 Å². The first kappa shape index (κ1) is 16.1. The zero-order valence-corrected chi connectivity index (χ0v) is 14.5. The third-order valence-corrected chi connectivity index (χ3v) is 5.32. The highest BCUT2D eigenvalue weighted by molar-refractivity contribution is 5.99. The zero-order valence-electron chi connectivity index (χ0n) is 14.5. The summed E-state index contributed by atoms with van der Waals surface area (Å²) in [7, 11) is 0. The SMILES string of the molecule is CC1(C)CN(C2CCN(c3ccccc3)C2=O)CC2(CCOC2)O1. The van der Waals surface area contributed by atoms with E-state index in [0.29, 0.717) is 6.61 Å². The summed E-state index contributed by atoms with van der Waals surface area (Å²) >= 11 is 0. The Balaban J connectivity index is 1.54. The molecule has 3 aliphatic heterocycles. The molecule has 0 saturated carbocycles. The Morgan fingerprint density at radius 3 is 2.67 bits per heavy atom. The van der Waals surface area contributed by atoms with E-state index in [2.05, 4.69) is 18.7 Å². The first-order chi connectivity index (χ1) is 11.5. The van der Waals surface area contributed by atoms with E-state index in [1.54, 1.807) is 0 Å². The summed E-state index contributed by atoms with van der Waals surface area (Å²) in [4.78, 5) is 17.3. The highest BCUT2D eigenvalue weighted by Crippen LogP contribution is 2.37. The molecular formula is C19H26N2O3. The van der Waals surface area contributed by atoms with Crippen LogP contribution in [-0.4, -0.2) is 60.9 Å². The molecule has 0 N–H and O–H groups in total. The van der Waals surface area contributed by atoms with Gasteiger partial charge in [-0.15, -0.1) is 0 Å². The fourth-order valence-corrected chi connectivity index (χ4v) is 4.45. The minimum atomic E-state index is -0.258. The van der Waals surface area contributed by atoms with E-state index in [4.69, 9.17) is 9.47 Å². The van der Waals surface area contributed by atoms with Gasteiger partial charge in [-0.1, -0.05) is 18.2 Å². The van der Waals surface area contributed by atoms with E-state index < -0.39 is 0 Å². The second-order valence-electron chi connectivity index (χ2n) is 7.88. The number of para-hydroxylation sites is 1. The fraction of sp³-hybridized carbons (Fsp3) is 0.632. The summed E-state index contributed by atoms with van der Waals surface area (Å²) in [5.41, 5.74) is 0.491. The molecule has 3 fully saturated rings. The highest BCUT2D eigenvalue weighted by atomic mass is 16.6. The standard InChI is InChI=1S/C19H26N2O3/c1-18(2)12-20(13-19(24-18)9-11-23-14-19)16-8-10-21(17(16)22)15-6-4-3-5-7-15/h3-7,16H,8-14H2,1-2H3. The Morgan fingerprint density at radius 2 is 1.96 bits per heavy atom. The maximum atomic E-state index is 13.0. The molecule has 3 aliphatic rings. The number of carbonyl (C=O) groups excluding carboxylic acids is 1. The van der Waals surface area contributed by atoms with Crippen molar-refractivity contribution in [2.24, 2.45) is 0 Å². The minimum absolute atomic E-state index is 0.0501. The average Bonchev–Trinajstić information content (AvgIpc) is 3.13. The first-order valence-electron chi connectivity index (χ1n) is 8.87. The Hall–Kier alpha value is -1.43. The number of hydrogen-bond donors (Lipinski definition) is 0. The molecule has 5 nitrogen and oxygen atoms in total. The number of rotatable bonds is 2. The summed E-state index contributed by atoms with van der Waals surface area (Å²) < 4.78 is 12.0. The van der Waals surface area contributed by atoms with Gasteiger partial charge in [-0.05, 0) is 32.4 Å². The smallest absolute Gasteiger partial charge is 0.244 e. The predicted molar refractivity (Wildman–Crippen MR) is 92.1 cm³/mol. The van der Waals surface area contributed by atoms with Crippen LogP contribution in [0.2, 0.25) is 0 Å². The molecule has 2 unspecified atom stereocenters. The number of ether oxygens (including phenoxy) is 2. The van der Waals surface area contributed by atoms with Gasteiger partial charge in [0.2, 0.25) is 5.91 Å². The molecule has 0 radical (unpaired) electrons.